The Morgan fingerprint density at radius 3 is 2.60 bits per heavy atom. The molecule has 136 valence electrons. The van der Waals surface area contributed by atoms with E-state index in [2.05, 4.69) is 30.4 Å². The molecule has 0 saturated carbocycles. The first-order valence-electron chi connectivity index (χ1n) is 8.63. The van der Waals surface area contributed by atoms with E-state index in [4.69, 9.17) is 0 Å². The van der Waals surface area contributed by atoms with Crippen LogP contribution in [0.4, 0.5) is 16.6 Å². The van der Waals surface area contributed by atoms with Crippen molar-refractivity contribution in [1.82, 2.24) is 25.1 Å². The lowest BCUT2D eigenvalue weighted by Crippen LogP contribution is -2.62. The zero-order chi connectivity index (χ0) is 18.0. The van der Waals surface area contributed by atoms with Gasteiger partial charge in [-0.25, -0.2) is 9.78 Å². The number of amides is 3. The molecule has 2 aliphatic rings. The number of carbonyl (C=O) groups is 2. The number of urea groups is 1. The Balaban J connectivity index is 1.62. The maximum atomic E-state index is 11.9. The number of aryl methyl sites for hydroxylation is 1. The van der Waals surface area contributed by atoms with Crippen LogP contribution in [-0.2, 0) is 4.79 Å². The second kappa shape index (κ2) is 7.22. The van der Waals surface area contributed by atoms with Crippen molar-refractivity contribution in [2.75, 3.05) is 50.0 Å². The fourth-order valence-electron chi connectivity index (χ4n) is 3.13. The van der Waals surface area contributed by atoms with Gasteiger partial charge >= 0.3 is 6.03 Å². The third-order valence-corrected chi connectivity index (χ3v) is 4.57. The Morgan fingerprint density at radius 2 is 1.96 bits per heavy atom. The highest BCUT2D eigenvalue weighted by Gasteiger charge is 2.34. The zero-order valence-electron chi connectivity index (χ0n) is 14.9. The summed E-state index contributed by atoms with van der Waals surface area (Å²) in [4.78, 5) is 38.2. The fraction of sp³-hybridized carbons (Fsp3) is 0.625. The molecule has 0 aromatic carbocycles. The van der Waals surface area contributed by atoms with Crippen molar-refractivity contribution in [2.45, 2.75) is 26.4 Å². The van der Waals surface area contributed by atoms with Gasteiger partial charge < -0.3 is 15.5 Å². The van der Waals surface area contributed by atoms with Crippen LogP contribution < -0.4 is 15.5 Å². The molecule has 9 nitrogen and oxygen atoms in total. The number of imide groups is 1. The quantitative estimate of drug-likeness (QED) is 0.805. The topological polar surface area (TPSA) is 93.7 Å². The summed E-state index contributed by atoms with van der Waals surface area (Å²) in [5, 5.41) is 6.11. The monoisotopic (exact) mass is 347 g/mol. The molecule has 2 N–H and O–H groups in total. The lowest BCUT2D eigenvalue weighted by atomic mass is 10.2. The summed E-state index contributed by atoms with van der Waals surface area (Å²) in [5.74, 6) is 1.41. The third-order valence-electron chi connectivity index (χ3n) is 4.57. The predicted octanol–water partition coefficient (Wildman–Crippen LogP) is 0.237. The number of piperazine rings is 1. The van der Waals surface area contributed by atoms with Crippen molar-refractivity contribution in [1.29, 1.82) is 0 Å². The van der Waals surface area contributed by atoms with Gasteiger partial charge in [-0.05, 0) is 13.8 Å². The minimum absolute atomic E-state index is 0.145. The minimum atomic E-state index is -0.332. The van der Waals surface area contributed by atoms with Crippen LogP contribution >= 0.6 is 0 Å². The summed E-state index contributed by atoms with van der Waals surface area (Å²) in [5.41, 5.74) is 0.927. The Labute approximate surface area is 147 Å². The first-order chi connectivity index (χ1) is 12.0. The van der Waals surface area contributed by atoms with Crippen molar-refractivity contribution in [2.24, 2.45) is 0 Å². The van der Waals surface area contributed by atoms with Crippen molar-refractivity contribution in [3.8, 4) is 0 Å². The lowest BCUT2D eigenvalue weighted by molar-refractivity contribution is -0.130. The molecule has 9 heteroatoms. The Hall–Kier alpha value is -2.42. The van der Waals surface area contributed by atoms with E-state index < -0.39 is 0 Å². The summed E-state index contributed by atoms with van der Waals surface area (Å²) >= 11 is 0. The fourth-order valence-corrected chi connectivity index (χ4v) is 3.13. The lowest BCUT2D eigenvalue weighted by Gasteiger charge is -2.41. The second-order valence-electron chi connectivity index (χ2n) is 6.37. The Morgan fingerprint density at radius 1 is 1.24 bits per heavy atom. The molecule has 25 heavy (non-hydrogen) atoms. The molecule has 3 heterocycles. The third kappa shape index (κ3) is 3.81. The van der Waals surface area contributed by atoms with Crippen LogP contribution in [0.2, 0.25) is 0 Å². The molecular weight excluding hydrogens is 322 g/mol. The van der Waals surface area contributed by atoms with Crippen molar-refractivity contribution < 1.29 is 9.59 Å². The highest BCUT2D eigenvalue weighted by Crippen LogP contribution is 2.18. The molecule has 1 unspecified atom stereocenters. The van der Waals surface area contributed by atoms with Crippen LogP contribution in [0.3, 0.4) is 0 Å². The number of nitrogens with one attached hydrogen (secondary N) is 2. The van der Waals surface area contributed by atoms with E-state index in [0.29, 0.717) is 6.42 Å². The van der Waals surface area contributed by atoms with Gasteiger partial charge in [0.15, 0.2) is 0 Å². The maximum absolute atomic E-state index is 11.9. The van der Waals surface area contributed by atoms with Gasteiger partial charge in [-0.2, -0.15) is 4.98 Å². The van der Waals surface area contributed by atoms with Crippen molar-refractivity contribution in [3.63, 3.8) is 0 Å². The van der Waals surface area contributed by atoms with Gasteiger partial charge in [0, 0.05) is 51.5 Å². The van der Waals surface area contributed by atoms with E-state index >= 15 is 0 Å². The number of anilines is 2. The van der Waals surface area contributed by atoms with E-state index in [-0.39, 0.29) is 18.1 Å². The smallest absolute Gasteiger partial charge is 0.325 e. The van der Waals surface area contributed by atoms with E-state index in [9.17, 15) is 9.59 Å². The summed E-state index contributed by atoms with van der Waals surface area (Å²) in [7, 11) is 1.50. The van der Waals surface area contributed by atoms with E-state index in [1.807, 2.05) is 19.9 Å². The molecule has 2 fully saturated rings. The minimum Gasteiger partial charge on any atom is -0.370 e. The van der Waals surface area contributed by atoms with Gasteiger partial charge in [0.2, 0.25) is 11.9 Å². The molecule has 3 rings (SSSR count). The highest BCUT2D eigenvalue weighted by molar-refractivity contribution is 5.96. The summed E-state index contributed by atoms with van der Waals surface area (Å²) in [6.45, 7) is 7.81. The highest BCUT2D eigenvalue weighted by atomic mass is 16.2. The van der Waals surface area contributed by atoms with E-state index in [1.54, 1.807) is 0 Å². The van der Waals surface area contributed by atoms with Crippen molar-refractivity contribution >= 4 is 23.7 Å². The van der Waals surface area contributed by atoms with Crippen LogP contribution in [0, 0.1) is 6.92 Å². The second-order valence-corrected chi connectivity index (χ2v) is 6.37. The van der Waals surface area contributed by atoms with Crippen LogP contribution in [0.5, 0.6) is 0 Å². The molecule has 0 aliphatic carbocycles. The van der Waals surface area contributed by atoms with Gasteiger partial charge in [0.25, 0.3) is 0 Å². The summed E-state index contributed by atoms with van der Waals surface area (Å²) in [6.07, 6.45) is 0.0856. The number of hydrogen-bond donors (Lipinski definition) is 2. The van der Waals surface area contributed by atoms with Crippen LogP contribution in [0.15, 0.2) is 6.07 Å². The van der Waals surface area contributed by atoms with Crippen LogP contribution in [0.25, 0.3) is 0 Å². The molecule has 1 aromatic rings. The molecule has 0 spiro atoms. The molecule has 1 atom stereocenters. The largest absolute Gasteiger partial charge is 0.370 e. The summed E-state index contributed by atoms with van der Waals surface area (Å²) in [6, 6.07) is 1.60. The van der Waals surface area contributed by atoms with Crippen molar-refractivity contribution in [3.05, 3.63) is 11.8 Å². The molecule has 0 radical (unpaired) electrons. The molecule has 2 aliphatic heterocycles. The predicted molar refractivity (Wildman–Crippen MR) is 94.4 cm³/mol. The van der Waals surface area contributed by atoms with Gasteiger partial charge in [0.1, 0.15) is 5.82 Å². The van der Waals surface area contributed by atoms with Gasteiger partial charge in [0.05, 0.1) is 12.6 Å². The number of aromatic nitrogens is 2. The molecule has 0 bridgehead atoms. The van der Waals surface area contributed by atoms with Gasteiger partial charge in [-0.3, -0.25) is 14.6 Å². The number of carbonyl (C=O) groups excluding carboxylic acids is 2. The van der Waals surface area contributed by atoms with Crippen LogP contribution in [0.1, 0.15) is 19.0 Å². The number of hydrogen-bond acceptors (Lipinski definition) is 7. The summed E-state index contributed by atoms with van der Waals surface area (Å²) < 4.78 is 0. The molecular formula is C16H25N7O2. The normalized spacial score (nSPS) is 22.1. The first kappa shape index (κ1) is 17.4. The zero-order valence-corrected chi connectivity index (χ0v) is 14.9. The molecule has 3 amide bonds. The molecule has 1 aromatic heterocycles. The van der Waals surface area contributed by atoms with Gasteiger partial charge in [-0.1, -0.05) is 0 Å². The number of nitrogens with zero attached hydrogens (tertiary/aromatic N) is 5. The Kier molecular flexibility index (Phi) is 5.03. The average molecular weight is 347 g/mol. The van der Waals surface area contributed by atoms with Crippen LogP contribution in [-0.4, -0.2) is 77.6 Å². The van der Waals surface area contributed by atoms with Gasteiger partial charge in [-0.15, -0.1) is 0 Å². The first-order valence-corrected chi connectivity index (χ1v) is 8.63. The standard InChI is InChI=1S/C16H25N7O2/c1-4-17-12-9-11(2)18-15(19-12)23-7-5-22(6-8-23)13-10-14(24)21(3)16(25)20-13/h9,13H,4-8,10H2,1-3H3,(H,20,25)(H,17,18,19). The molecule has 2 saturated heterocycles. The maximum Gasteiger partial charge on any atom is 0.325 e. The SMILES string of the molecule is CCNc1cc(C)nc(N2CCN(C3CC(=O)N(C)C(=O)N3)CC2)n1. The Bertz CT molecular complexity index is 640. The average Bonchev–Trinajstić information content (AvgIpc) is 2.59. The van der Waals surface area contributed by atoms with E-state index in [0.717, 1.165) is 55.1 Å². The number of rotatable bonds is 4. The van der Waals surface area contributed by atoms with E-state index in [1.165, 1.54) is 7.05 Å².